The SMILES string of the molecule is CCOC(=O)c1csc2ncnc(Nc3ccc(Cl)cc3Cl)c12. The first kappa shape index (κ1) is 16.0. The summed E-state index contributed by atoms with van der Waals surface area (Å²) in [4.78, 5) is 21.2. The number of esters is 1. The number of rotatable bonds is 4. The Morgan fingerprint density at radius 3 is 2.91 bits per heavy atom. The average Bonchev–Trinajstić information content (AvgIpc) is 2.95. The lowest BCUT2D eigenvalue weighted by Gasteiger charge is -2.09. The van der Waals surface area contributed by atoms with E-state index in [0.29, 0.717) is 43.9 Å². The molecule has 0 atom stereocenters. The van der Waals surface area contributed by atoms with Crippen molar-refractivity contribution >= 4 is 62.2 Å². The van der Waals surface area contributed by atoms with Gasteiger partial charge in [0.2, 0.25) is 0 Å². The number of fused-ring (bicyclic) bond motifs is 1. The highest BCUT2D eigenvalue weighted by Crippen LogP contribution is 2.34. The third-order valence-electron chi connectivity index (χ3n) is 3.05. The summed E-state index contributed by atoms with van der Waals surface area (Å²) in [5.41, 5.74) is 1.07. The second-order valence-corrected chi connectivity index (χ2v) is 6.22. The van der Waals surface area contributed by atoms with E-state index in [1.807, 2.05) is 0 Å². The van der Waals surface area contributed by atoms with Gasteiger partial charge in [0.15, 0.2) is 0 Å². The highest BCUT2D eigenvalue weighted by Gasteiger charge is 2.18. The highest BCUT2D eigenvalue weighted by molar-refractivity contribution is 7.17. The van der Waals surface area contributed by atoms with Crippen molar-refractivity contribution < 1.29 is 9.53 Å². The van der Waals surface area contributed by atoms with Crippen LogP contribution < -0.4 is 5.32 Å². The molecule has 3 rings (SSSR count). The standard InChI is InChI=1S/C15H11Cl2N3O2S/c1-2-22-15(21)9-6-23-14-12(9)13(18-7-19-14)20-11-4-3-8(16)5-10(11)17/h3-7H,2H2,1H3,(H,18,19,20). The van der Waals surface area contributed by atoms with Crippen LogP contribution in [0.3, 0.4) is 0 Å². The average molecular weight is 368 g/mol. The Morgan fingerprint density at radius 1 is 1.35 bits per heavy atom. The summed E-state index contributed by atoms with van der Waals surface area (Å²) < 4.78 is 5.08. The van der Waals surface area contributed by atoms with Crippen LogP contribution >= 0.6 is 34.5 Å². The van der Waals surface area contributed by atoms with Gasteiger partial charge in [0, 0.05) is 10.4 Å². The summed E-state index contributed by atoms with van der Waals surface area (Å²) in [6.07, 6.45) is 1.43. The summed E-state index contributed by atoms with van der Waals surface area (Å²) in [7, 11) is 0. The Bertz CT molecular complexity index is 882. The van der Waals surface area contributed by atoms with Crippen LogP contribution in [0.2, 0.25) is 10.0 Å². The van der Waals surface area contributed by atoms with E-state index in [9.17, 15) is 4.79 Å². The van der Waals surface area contributed by atoms with E-state index in [0.717, 1.165) is 0 Å². The van der Waals surface area contributed by atoms with Crippen LogP contribution in [0.15, 0.2) is 29.9 Å². The van der Waals surface area contributed by atoms with Crippen LogP contribution in [0, 0.1) is 0 Å². The van der Waals surface area contributed by atoms with Gasteiger partial charge in [-0.25, -0.2) is 14.8 Å². The van der Waals surface area contributed by atoms with Crippen molar-refractivity contribution in [3.05, 3.63) is 45.5 Å². The predicted octanol–water partition coefficient (Wildman–Crippen LogP) is 4.92. The number of carbonyl (C=O) groups excluding carboxylic acids is 1. The molecule has 0 radical (unpaired) electrons. The van der Waals surface area contributed by atoms with Crippen LogP contribution in [0.1, 0.15) is 17.3 Å². The van der Waals surface area contributed by atoms with Gasteiger partial charge in [-0.2, -0.15) is 0 Å². The molecule has 0 unspecified atom stereocenters. The van der Waals surface area contributed by atoms with Gasteiger partial charge in [-0.1, -0.05) is 23.2 Å². The molecule has 0 aliphatic heterocycles. The molecule has 5 nitrogen and oxygen atoms in total. The first-order valence-corrected chi connectivity index (χ1v) is 8.35. The monoisotopic (exact) mass is 367 g/mol. The Labute approximate surface area is 146 Å². The van der Waals surface area contributed by atoms with Gasteiger partial charge in [0.05, 0.1) is 28.3 Å². The van der Waals surface area contributed by atoms with Crippen molar-refractivity contribution in [3.8, 4) is 0 Å². The molecule has 1 N–H and O–H groups in total. The molecule has 0 saturated carbocycles. The summed E-state index contributed by atoms with van der Waals surface area (Å²) in [6.45, 7) is 2.06. The molecule has 0 fully saturated rings. The van der Waals surface area contributed by atoms with Crippen molar-refractivity contribution in [2.75, 3.05) is 11.9 Å². The quantitative estimate of drug-likeness (QED) is 0.663. The van der Waals surface area contributed by atoms with Crippen LogP contribution in [0.4, 0.5) is 11.5 Å². The maximum atomic E-state index is 12.1. The van der Waals surface area contributed by atoms with Crippen LogP contribution in [0.5, 0.6) is 0 Å². The van der Waals surface area contributed by atoms with Gasteiger partial charge in [0.25, 0.3) is 0 Å². The Kier molecular flexibility index (Phi) is 4.66. The minimum absolute atomic E-state index is 0.301. The van der Waals surface area contributed by atoms with E-state index in [4.69, 9.17) is 27.9 Å². The number of anilines is 2. The predicted molar refractivity (Wildman–Crippen MR) is 93.1 cm³/mol. The minimum atomic E-state index is -0.404. The number of aromatic nitrogens is 2. The van der Waals surface area contributed by atoms with Crippen molar-refractivity contribution in [1.29, 1.82) is 0 Å². The van der Waals surface area contributed by atoms with E-state index >= 15 is 0 Å². The van der Waals surface area contributed by atoms with Gasteiger partial charge < -0.3 is 10.1 Å². The van der Waals surface area contributed by atoms with Crippen molar-refractivity contribution in [3.63, 3.8) is 0 Å². The second-order valence-electron chi connectivity index (χ2n) is 4.52. The second kappa shape index (κ2) is 6.70. The fourth-order valence-electron chi connectivity index (χ4n) is 2.05. The molecule has 0 amide bonds. The van der Waals surface area contributed by atoms with E-state index in [2.05, 4.69) is 15.3 Å². The van der Waals surface area contributed by atoms with E-state index in [-0.39, 0.29) is 0 Å². The van der Waals surface area contributed by atoms with Gasteiger partial charge in [-0.05, 0) is 25.1 Å². The van der Waals surface area contributed by atoms with E-state index < -0.39 is 5.97 Å². The molecular weight excluding hydrogens is 357 g/mol. The summed E-state index contributed by atoms with van der Waals surface area (Å²) in [6, 6.07) is 5.09. The molecule has 3 aromatic rings. The lowest BCUT2D eigenvalue weighted by Crippen LogP contribution is -2.05. The Morgan fingerprint density at radius 2 is 2.17 bits per heavy atom. The fraction of sp³-hybridized carbons (Fsp3) is 0.133. The Hall–Kier alpha value is -1.89. The molecule has 0 bridgehead atoms. The maximum absolute atomic E-state index is 12.1. The minimum Gasteiger partial charge on any atom is -0.462 e. The Balaban J connectivity index is 2.06. The van der Waals surface area contributed by atoms with Gasteiger partial charge in [0.1, 0.15) is 17.0 Å². The zero-order valence-electron chi connectivity index (χ0n) is 12.0. The highest BCUT2D eigenvalue weighted by atomic mass is 35.5. The molecule has 0 aliphatic carbocycles. The van der Waals surface area contributed by atoms with Gasteiger partial charge in [-0.15, -0.1) is 11.3 Å². The summed E-state index contributed by atoms with van der Waals surface area (Å²) >= 11 is 13.4. The maximum Gasteiger partial charge on any atom is 0.339 e. The first-order chi connectivity index (χ1) is 11.1. The van der Waals surface area contributed by atoms with Crippen molar-refractivity contribution in [2.45, 2.75) is 6.92 Å². The van der Waals surface area contributed by atoms with Gasteiger partial charge >= 0.3 is 5.97 Å². The van der Waals surface area contributed by atoms with Crippen LogP contribution in [-0.4, -0.2) is 22.5 Å². The molecule has 8 heteroatoms. The first-order valence-electron chi connectivity index (χ1n) is 6.71. The lowest BCUT2D eigenvalue weighted by atomic mass is 10.2. The van der Waals surface area contributed by atoms with E-state index in [1.165, 1.54) is 17.7 Å². The zero-order valence-corrected chi connectivity index (χ0v) is 14.3. The molecule has 0 saturated heterocycles. The summed E-state index contributed by atoms with van der Waals surface area (Å²) in [5.74, 6) is 0.0855. The number of nitrogens with zero attached hydrogens (tertiary/aromatic N) is 2. The number of nitrogens with one attached hydrogen (secondary N) is 1. The third-order valence-corrected chi connectivity index (χ3v) is 4.48. The van der Waals surface area contributed by atoms with Crippen molar-refractivity contribution in [2.24, 2.45) is 0 Å². The normalized spacial score (nSPS) is 10.7. The number of carbonyl (C=O) groups is 1. The topological polar surface area (TPSA) is 64.1 Å². The molecule has 1 aromatic carbocycles. The molecule has 118 valence electrons. The fourth-order valence-corrected chi connectivity index (χ4v) is 3.38. The zero-order chi connectivity index (χ0) is 16.4. The molecular formula is C15H11Cl2N3O2S. The van der Waals surface area contributed by atoms with Crippen molar-refractivity contribution in [1.82, 2.24) is 9.97 Å². The number of benzene rings is 1. The largest absolute Gasteiger partial charge is 0.462 e. The van der Waals surface area contributed by atoms with E-state index in [1.54, 1.807) is 30.5 Å². The molecule has 0 aliphatic rings. The number of hydrogen-bond donors (Lipinski definition) is 1. The number of halogens is 2. The number of hydrogen-bond acceptors (Lipinski definition) is 6. The number of thiophene rings is 1. The molecule has 2 heterocycles. The lowest BCUT2D eigenvalue weighted by molar-refractivity contribution is 0.0529. The van der Waals surface area contributed by atoms with Crippen LogP contribution in [0.25, 0.3) is 10.2 Å². The molecule has 23 heavy (non-hydrogen) atoms. The molecule has 0 spiro atoms. The third kappa shape index (κ3) is 3.24. The van der Waals surface area contributed by atoms with Crippen LogP contribution in [-0.2, 0) is 4.74 Å². The number of ether oxygens (including phenoxy) is 1. The van der Waals surface area contributed by atoms with Gasteiger partial charge in [-0.3, -0.25) is 0 Å². The smallest absolute Gasteiger partial charge is 0.339 e. The summed E-state index contributed by atoms with van der Waals surface area (Å²) in [5, 5.41) is 6.44. The molecule has 2 aromatic heterocycles.